The molecule has 0 saturated carbocycles. The van der Waals surface area contributed by atoms with E-state index in [9.17, 15) is 0 Å². The highest BCUT2D eigenvalue weighted by Gasteiger charge is 1.94. The van der Waals surface area contributed by atoms with E-state index >= 15 is 0 Å². The summed E-state index contributed by atoms with van der Waals surface area (Å²) in [7, 11) is 0. The summed E-state index contributed by atoms with van der Waals surface area (Å²) in [5.74, 6) is 0.598. The topological polar surface area (TPSA) is 62.6 Å². The highest BCUT2D eigenvalue weighted by molar-refractivity contribution is 5.19. The van der Waals surface area contributed by atoms with Crippen LogP contribution in [0.4, 0.5) is 0 Å². The van der Waals surface area contributed by atoms with Crippen molar-refractivity contribution >= 4 is 0 Å². The van der Waals surface area contributed by atoms with E-state index < -0.39 is 0 Å². The van der Waals surface area contributed by atoms with Crippen molar-refractivity contribution in [2.24, 2.45) is 0 Å². The van der Waals surface area contributed by atoms with E-state index in [0.717, 1.165) is 0 Å². The summed E-state index contributed by atoms with van der Waals surface area (Å²) in [5, 5.41) is 17.1. The fourth-order valence-electron chi connectivity index (χ4n) is 0.753. The van der Waals surface area contributed by atoms with E-state index in [0.29, 0.717) is 11.4 Å². The van der Waals surface area contributed by atoms with Crippen molar-refractivity contribution in [3.8, 4) is 5.75 Å². The third-order valence-corrected chi connectivity index (χ3v) is 1.32. The smallest absolute Gasteiger partial charge is 0.137 e. The number of aromatic nitrogens is 1. The van der Waals surface area contributed by atoms with E-state index in [4.69, 9.17) is 14.9 Å². The second-order valence-electron chi connectivity index (χ2n) is 2.22. The molecule has 0 atom stereocenters. The molecule has 2 N–H and O–H groups in total. The number of aliphatic hydroxyl groups is 2. The van der Waals surface area contributed by atoms with Crippen LogP contribution in [0, 0.1) is 0 Å². The Kier molecular flexibility index (Phi) is 3.50. The number of aliphatic hydroxyl groups excluding tert-OH is 2. The van der Waals surface area contributed by atoms with Crippen molar-refractivity contribution < 1.29 is 14.9 Å². The Morgan fingerprint density at radius 2 is 2.17 bits per heavy atom. The lowest BCUT2D eigenvalue weighted by atomic mass is 10.3. The number of pyridine rings is 1. The van der Waals surface area contributed by atoms with Crippen molar-refractivity contribution in [2.45, 2.75) is 6.61 Å². The van der Waals surface area contributed by atoms with Gasteiger partial charge in [0.1, 0.15) is 12.4 Å². The van der Waals surface area contributed by atoms with Gasteiger partial charge in [0.25, 0.3) is 0 Å². The average molecular weight is 169 g/mol. The molecular weight excluding hydrogens is 158 g/mol. The Balaban J connectivity index is 2.53. The van der Waals surface area contributed by atoms with Gasteiger partial charge in [-0.05, 0) is 12.1 Å². The van der Waals surface area contributed by atoms with Gasteiger partial charge in [-0.25, -0.2) is 0 Å². The molecular formula is C8H11NO3. The third kappa shape index (κ3) is 2.48. The molecule has 12 heavy (non-hydrogen) atoms. The van der Waals surface area contributed by atoms with Crippen molar-refractivity contribution in [1.29, 1.82) is 0 Å². The highest BCUT2D eigenvalue weighted by atomic mass is 16.5. The van der Waals surface area contributed by atoms with E-state index in [-0.39, 0.29) is 19.8 Å². The SMILES string of the molecule is OCCOc1ccc(CO)nc1. The average Bonchev–Trinajstić information content (AvgIpc) is 2.15. The molecule has 0 aliphatic heterocycles. The Morgan fingerprint density at radius 3 is 2.67 bits per heavy atom. The molecule has 1 rings (SSSR count). The summed E-state index contributed by atoms with van der Waals surface area (Å²) in [4.78, 5) is 3.89. The predicted molar refractivity (Wildman–Crippen MR) is 42.7 cm³/mol. The van der Waals surface area contributed by atoms with E-state index in [1.165, 1.54) is 6.20 Å². The molecule has 0 saturated heterocycles. The maximum atomic E-state index is 8.66. The highest BCUT2D eigenvalue weighted by Crippen LogP contribution is 2.08. The minimum atomic E-state index is -0.0692. The zero-order valence-corrected chi connectivity index (χ0v) is 6.60. The van der Waals surface area contributed by atoms with Crippen molar-refractivity contribution in [1.82, 2.24) is 4.98 Å². The van der Waals surface area contributed by atoms with E-state index in [2.05, 4.69) is 4.98 Å². The molecule has 0 aromatic carbocycles. The molecule has 0 radical (unpaired) electrons. The first-order valence-electron chi connectivity index (χ1n) is 3.66. The summed E-state index contributed by atoms with van der Waals surface area (Å²) < 4.78 is 5.06. The number of rotatable bonds is 4. The van der Waals surface area contributed by atoms with E-state index in [1.807, 2.05) is 0 Å². The molecule has 4 nitrogen and oxygen atoms in total. The summed E-state index contributed by atoms with van der Waals surface area (Å²) in [6.45, 7) is 0.183. The normalized spacial score (nSPS) is 9.83. The van der Waals surface area contributed by atoms with Gasteiger partial charge in [0.15, 0.2) is 0 Å². The first-order valence-corrected chi connectivity index (χ1v) is 3.66. The molecule has 1 aromatic rings. The first kappa shape index (κ1) is 8.96. The van der Waals surface area contributed by atoms with Gasteiger partial charge in [0.2, 0.25) is 0 Å². The maximum absolute atomic E-state index is 8.66. The van der Waals surface area contributed by atoms with Crippen LogP contribution in [0.1, 0.15) is 5.69 Å². The van der Waals surface area contributed by atoms with Crippen LogP contribution in [0.15, 0.2) is 18.3 Å². The van der Waals surface area contributed by atoms with Crippen LogP contribution in [-0.2, 0) is 6.61 Å². The Bertz CT molecular complexity index is 222. The van der Waals surface area contributed by atoms with Crippen LogP contribution in [0.3, 0.4) is 0 Å². The number of hydrogen-bond donors (Lipinski definition) is 2. The van der Waals surface area contributed by atoms with Gasteiger partial charge in [-0.1, -0.05) is 0 Å². The maximum Gasteiger partial charge on any atom is 0.137 e. The van der Waals surface area contributed by atoms with Gasteiger partial charge in [0.05, 0.1) is 25.1 Å². The van der Waals surface area contributed by atoms with E-state index in [1.54, 1.807) is 12.1 Å². The molecule has 66 valence electrons. The monoisotopic (exact) mass is 169 g/mol. The quantitative estimate of drug-likeness (QED) is 0.663. The fourth-order valence-corrected chi connectivity index (χ4v) is 0.753. The molecule has 0 bridgehead atoms. The van der Waals surface area contributed by atoms with Gasteiger partial charge < -0.3 is 14.9 Å². The molecule has 0 spiro atoms. The third-order valence-electron chi connectivity index (χ3n) is 1.32. The van der Waals surface area contributed by atoms with Crippen molar-refractivity contribution in [3.63, 3.8) is 0 Å². The molecule has 1 heterocycles. The first-order chi connectivity index (χ1) is 5.86. The lowest BCUT2D eigenvalue weighted by molar-refractivity contribution is 0.200. The Morgan fingerprint density at radius 1 is 1.33 bits per heavy atom. The molecule has 0 aliphatic rings. The summed E-state index contributed by atoms with van der Waals surface area (Å²) in [5.41, 5.74) is 0.603. The molecule has 0 unspecified atom stereocenters. The summed E-state index contributed by atoms with van der Waals surface area (Å²) in [6.07, 6.45) is 1.52. The van der Waals surface area contributed by atoms with Crippen molar-refractivity contribution in [2.75, 3.05) is 13.2 Å². The fraction of sp³-hybridized carbons (Fsp3) is 0.375. The second kappa shape index (κ2) is 4.69. The summed E-state index contributed by atoms with van der Waals surface area (Å²) >= 11 is 0. The lowest BCUT2D eigenvalue weighted by Crippen LogP contribution is -2.02. The van der Waals surface area contributed by atoms with Gasteiger partial charge in [-0.2, -0.15) is 0 Å². The summed E-state index contributed by atoms with van der Waals surface area (Å²) in [6, 6.07) is 3.38. The van der Waals surface area contributed by atoms with Crippen molar-refractivity contribution in [3.05, 3.63) is 24.0 Å². The van der Waals surface area contributed by atoms with Crippen LogP contribution in [0.2, 0.25) is 0 Å². The minimum Gasteiger partial charge on any atom is -0.490 e. The van der Waals surface area contributed by atoms with Gasteiger partial charge in [-0.15, -0.1) is 0 Å². The largest absolute Gasteiger partial charge is 0.490 e. The molecule has 1 aromatic heterocycles. The Labute approximate surface area is 70.4 Å². The number of hydrogen-bond acceptors (Lipinski definition) is 4. The molecule has 0 fully saturated rings. The molecule has 0 amide bonds. The van der Waals surface area contributed by atoms with Gasteiger partial charge >= 0.3 is 0 Å². The second-order valence-corrected chi connectivity index (χ2v) is 2.22. The standard InChI is InChI=1S/C8H11NO3/c10-3-4-12-8-2-1-7(6-11)9-5-8/h1-2,5,10-11H,3-4,6H2. The van der Waals surface area contributed by atoms with Crippen LogP contribution in [0.5, 0.6) is 5.75 Å². The zero-order chi connectivity index (χ0) is 8.81. The van der Waals surface area contributed by atoms with Crippen LogP contribution in [0.25, 0.3) is 0 Å². The zero-order valence-electron chi connectivity index (χ0n) is 6.60. The number of nitrogens with zero attached hydrogens (tertiary/aromatic N) is 1. The molecule has 0 aliphatic carbocycles. The van der Waals surface area contributed by atoms with Crippen LogP contribution in [-0.4, -0.2) is 28.4 Å². The lowest BCUT2D eigenvalue weighted by Gasteiger charge is -2.02. The Hall–Kier alpha value is -1.13. The van der Waals surface area contributed by atoms with Gasteiger partial charge in [-0.3, -0.25) is 4.98 Å². The molecule has 4 heteroatoms. The minimum absolute atomic E-state index is 0.0122. The van der Waals surface area contributed by atoms with Gasteiger partial charge in [0, 0.05) is 0 Å². The van der Waals surface area contributed by atoms with Crippen LogP contribution >= 0.6 is 0 Å². The van der Waals surface area contributed by atoms with Crippen LogP contribution < -0.4 is 4.74 Å². The number of ether oxygens (including phenoxy) is 1. The predicted octanol–water partition coefficient (Wildman–Crippen LogP) is -0.0550.